The Morgan fingerprint density at radius 1 is 1.47 bits per heavy atom. The molecule has 0 radical (unpaired) electrons. The largest absolute Gasteiger partial charge is 0.861 e. The van der Waals surface area contributed by atoms with Crippen molar-refractivity contribution in [3.05, 3.63) is 6.20 Å². The van der Waals surface area contributed by atoms with E-state index in [0.717, 1.165) is 12.8 Å². The van der Waals surface area contributed by atoms with Gasteiger partial charge in [-0.05, 0) is 23.4 Å². The van der Waals surface area contributed by atoms with Gasteiger partial charge in [0.05, 0.1) is 5.88 Å². The predicted molar refractivity (Wildman–Crippen MR) is 61.3 cm³/mol. The van der Waals surface area contributed by atoms with Gasteiger partial charge in [-0.1, -0.05) is 12.8 Å². The lowest BCUT2D eigenvalue weighted by Crippen LogP contribution is -2.40. The molecule has 1 saturated carbocycles. The van der Waals surface area contributed by atoms with Gasteiger partial charge in [0, 0.05) is 12.8 Å². The Morgan fingerprint density at radius 3 is 2.82 bits per heavy atom. The average Bonchev–Trinajstić information content (AvgIpc) is 2.63. The molecule has 1 heterocycles. The van der Waals surface area contributed by atoms with Crippen LogP contribution in [0.5, 0.6) is 0 Å². The van der Waals surface area contributed by atoms with Crippen LogP contribution in [0.25, 0.3) is 0 Å². The van der Waals surface area contributed by atoms with E-state index in [0.29, 0.717) is 6.04 Å². The highest BCUT2D eigenvalue weighted by Gasteiger charge is 2.24. The molecular formula is C11H16ClN3O2. The van der Waals surface area contributed by atoms with Gasteiger partial charge in [-0.25, -0.2) is 4.99 Å². The number of halogens is 1. The van der Waals surface area contributed by atoms with E-state index < -0.39 is 5.90 Å². The topological polar surface area (TPSA) is 65.3 Å². The molecule has 0 aromatic carbocycles. The van der Waals surface area contributed by atoms with Crippen molar-refractivity contribution in [2.24, 2.45) is 4.99 Å². The van der Waals surface area contributed by atoms with Crippen LogP contribution in [0, 0.1) is 0 Å². The molecule has 0 unspecified atom stereocenters. The fourth-order valence-electron chi connectivity index (χ4n) is 2.15. The van der Waals surface area contributed by atoms with Crippen molar-refractivity contribution in [2.75, 3.05) is 5.88 Å². The molecule has 0 saturated heterocycles. The lowest BCUT2D eigenvalue weighted by molar-refractivity contribution is -0.786. The van der Waals surface area contributed by atoms with Crippen molar-refractivity contribution in [3.8, 4) is 0 Å². The van der Waals surface area contributed by atoms with E-state index in [2.05, 4.69) is 10.3 Å². The third-order valence-electron chi connectivity index (χ3n) is 3.02. The van der Waals surface area contributed by atoms with Crippen LogP contribution in [-0.2, 0) is 0 Å². The van der Waals surface area contributed by atoms with E-state index in [1.54, 1.807) is 10.9 Å². The standard InChI is InChI=1S/C11H16ClN3O2/c12-7-10(16)13-11-8-15(14-17-11)9-5-3-1-2-4-6-9/h8-9H,1-7H2. The first kappa shape index (κ1) is 12.4. The van der Waals surface area contributed by atoms with E-state index in [9.17, 15) is 5.11 Å². The van der Waals surface area contributed by atoms with Crippen LogP contribution >= 0.6 is 11.6 Å². The summed E-state index contributed by atoms with van der Waals surface area (Å²) in [7, 11) is 0. The average molecular weight is 258 g/mol. The third kappa shape index (κ3) is 3.43. The molecule has 17 heavy (non-hydrogen) atoms. The second kappa shape index (κ2) is 6.00. The number of nitrogens with zero attached hydrogens (tertiary/aromatic N) is 3. The molecule has 1 aromatic heterocycles. The highest BCUT2D eigenvalue weighted by Crippen LogP contribution is 2.23. The molecule has 2 rings (SSSR count). The van der Waals surface area contributed by atoms with E-state index >= 15 is 0 Å². The third-order valence-corrected chi connectivity index (χ3v) is 3.25. The second-order valence-electron chi connectivity index (χ2n) is 4.30. The Bertz CT molecular complexity index is 384. The Hall–Kier alpha value is -1.10. The minimum Gasteiger partial charge on any atom is -0.861 e. The number of hydrogen-bond acceptors (Lipinski definition) is 4. The fourth-order valence-corrected chi connectivity index (χ4v) is 2.21. The molecule has 1 aliphatic rings. The number of aliphatic imine (C=N–C) groups is 1. The molecule has 5 nitrogen and oxygen atoms in total. The van der Waals surface area contributed by atoms with Crippen LogP contribution in [-0.4, -0.2) is 17.0 Å². The van der Waals surface area contributed by atoms with Crippen molar-refractivity contribution in [1.82, 2.24) is 5.27 Å². The number of alkyl halides is 1. The fraction of sp³-hybridized carbons (Fsp3) is 0.727. The van der Waals surface area contributed by atoms with Gasteiger partial charge in [0.1, 0.15) is 0 Å². The molecule has 0 aliphatic heterocycles. The van der Waals surface area contributed by atoms with Gasteiger partial charge in [-0.3, -0.25) is 4.52 Å². The summed E-state index contributed by atoms with van der Waals surface area (Å²) < 4.78 is 6.78. The minimum absolute atomic E-state index is 0.135. The van der Waals surface area contributed by atoms with Crippen LogP contribution in [0.15, 0.2) is 15.7 Å². The van der Waals surface area contributed by atoms with E-state index in [-0.39, 0.29) is 11.8 Å². The van der Waals surface area contributed by atoms with Gasteiger partial charge in [0.15, 0.2) is 6.04 Å². The zero-order chi connectivity index (χ0) is 12.1. The molecular weight excluding hydrogens is 242 g/mol. The summed E-state index contributed by atoms with van der Waals surface area (Å²) in [5.41, 5.74) is 0. The maximum Gasteiger partial charge on any atom is 0.320 e. The van der Waals surface area contributed by atoms with Gasteiger partial charge in [0.25, 0.3) is 6.20 Å². The van der Waals surface area contributed by atoms with Gasteiger partial charge < -0.3 is 5.11 Å². The molecule has 1 aromatic rings. The molecule has 0 bridgehead atoms. The van der Waals surface area contributed by atoms with Crippen LogP contribution in [0.4, 0.5) is 5.88 Å². The lowest BCUT2D eigenvalue weighted by Gasteiger charge is -2.02. The molecule has 0 N–H and O–H groups in total. The SMILES string of the molecule is [O-]/C(CCl)=N\c1c[n+](C2CCCCCC2)no1. The summed E-state index contributed by atoms with van der Waals surface area (Å²) in [5, 5.41) is 14.9. The Morgan fingerprint density at radius 2 is 2.18 bits per heavy atom. The normalized spacial score (nSPS) is 19.2. The first-order chi connectivity index (χ1) is 8.29. The van der Waals surface area contributed by atoms with Crippen molar-refractivity contribution < 1.29 is 14.3 Å². The van der Waals surface area contributed by atoms with Crippen LogP contribution in [0.2, 0.25) is 0 Å². The monoisotopic (exact) mass is 257 g/mol. The molecule has 0 amide bonds. The summed E-state index contributed by atoms with van der Waals surface area (Å²) in [6, 6.07) is 0.372. The van der Waals surface area contributed by atoms with Gasteiger partial charge in [-0.2, -0.15) is 0 Å². The van der Waals surface area contributed by atoms with Crippen LogP contribution in [0.1, 0.15) is 44.6 Å². The summed E-state index contributed by atoms with van der Waals surface area (Å²) in [6.07, 6.45) is 8.92. The first-order valence-electron chi connectivity index (χ1n) is 5.98. The predicted octanol–water partition coefficient (Wildman–Crippen LogP) is 1.49. The summed E-state index contributed by atoms with van der Waals surface area (Å²) >= 11 is 5.37. The van der Waals surface area contributed by atoms with Crippen molar-refractivity contribution >= 4 is 23.4 Å². The smallest absolute Gasteiger partial charge is 0.320 e. The maximum absolute atomic E-state index is 11.0. The van der Waals surface area contributed by atoms with E-state index in [1.807, 2.05) is 0 Å². The molecule has 6 heteroatoms. The Balaban J connectivity index is 2.06. The van der Waals surface area contributed by atoms with Crippen molar-refractivity contribution in [3.63, 3.8) is 0 Å². The zero-order valence-corrected chi connectivity index (χ0v) is 10.4. The highest BCUT2D eigenvalue weighted by atomic mass is 35.5. The molecule has 1 aliphatic carbocycles. The number of hydrogen-bond donors (Lipinski definition) is 0. The van der Waals surface area contributed by atoms with Crippen molar-refractivity contribution in [2.45, 2.75) is 44.6 Å². The van der Waals surface area contributed by atoms with E-state index in [4.69, 9.17) is 16.1 Å². The Labute approximate surface area is 105 Å². The van der Waals surface area contributed by atoms with E-state index in [1.165, 1.54) is 25.7 Å². The second-order valence-corrected chi connectivity index (χ2v) is 4.57. The summed E-state index contributed by atoms with van der Waals surface area (Å²) in [4.78, 5) is 3.70. The molecule has 0 spiro atoms. The summed E-state index contributed by atoms with van der Waals surface area (Å²) in [5.74, 6) is -0.305. The van der Waals surface area contributed by atoms with Crippen LogP contribution < -0.4 is 9.79 Å². The molecule has 94 valence electrons. The number of rotatable bonds is 3. The van der Waals surface area contributed by atoms with Gasteiger partial charge in [0.2, 0.25) is 5.27 Å². The highest BCUT2D eigenvalue weighted by molar-refractivity contribution is 6.26. The quantitative estimate of drug-likeness (QED) is 0.271. The molecule has 0 atom stereocenters. The maximum atomic E-state index is 11.0. The zero-order valence-electron chi connectivity index (χ0n) is 9.64. The van der Waals surface area contributed by atoms with Crippen LogP contribution in [0.3, 0.4) is 0 Å². The van der Waals surface area contributed by atoms with Crippen molar-refractivity contribution in [1.29, 1.82) is 0 Å². The molecule has 1 fully saturated rings. The lowest BCUT2D eigenvalue weighted by atomic mass is 10.1. The Kier molecular flexibility index (Phi) is 4.36. The van der Waals surface area contributed by atoms with Gasteiger partial charge in [-0.15, -0.1) is 11.6 Å². The summed E-state index contributed by atoms with van der Waals surface area (Å²) in [6.45, 7) is 0. The first-order valence-corrected chi connectivity index (χ1v) is 6.51. The van der Waals surface area contributed by atoms with Gasteiger partial charge >= 0.3 is 5.88 Å². The number of aromatic nitrogens is 2. The minimum atomic E-state index is -0.407.